The number of nitrogens with two attached hydrogens (primary N) is 1. The Labute approximate surface area is 118 Å². The number of hydrogen-bond donors (Lipinski definition) is 1. The molecule has 0 bridgehead atoms. The maximum atomic E-state index is 6.16. The lowest BCUT2D eigenvalue weighted by atomic mass is 9.91. The van der Waals surface area contributed by atoms with Gasteiger partial charge in [0.25, 0.3) is 0 Å². The van der Waals surface area contributed by atoms with E-state index in [0.717, 1.165) is 31.4 Å². The predicted octanol–water partition coefficient (Wildman–Crippen LogP) is 5.19. The molecule has 1 aliphatic rings. The molecule has 1 aliphatic carbocycles. The van der Waals surface area contributed by atoms with E-state index in [1.807, 2.05) is 6.08 Å². The molecular formula is C18H27N. The summed E-state index contributed by atoms with van der Waals surface area (Å²) < 4.78 is 0. The van der Waals surface area contributed by atoms with Gasteiger partial charge in [0.15, 0.2) is 0 Å². The van der Waals surface area contributed by atoms with Crippen LogP contribution in [0.3, 0.4) is 0 Å². The Morgan fingerprint density at radius 2 is 2.11 bits per heavy atom. The molecule has 19 heavy (non-hydrogen) atoms. The summed E-state index contributed by atoms with van der Waals surface area (Å²) in [6, 6.07) is 0. The Bertz CT molecular complexity index is 470. The lowest BCUT2D eigenvalue weighted by Crippen LogP contribution is -2.02. The fourth-order valence-electron chi connectivity index (χ4n) is 2.35. The Morgan fingerprint density at radius 3 is 2.63 bits per heavy atom. The van der Waals surface area contributed by atoms with E-state index in [1.54, 1.807) is 0 Å². The average Bonchev–Trinajstić information content (AvgIpc) is 2.52. The monoisotopic (exact) mass is 257 g/mol. The van der Waals surface area contributed by atoms with Gasteiger partial charge in [-0.2, -0.15) is 0 Å². The molecule has 104 valence electrons. The van der Waals surface area contributed by atoms with Crippen LogP contribution >= 0.6 is 0 Å². The van der Waals surface area contributed by atoms with Gasteiger partial charge in [0.05, 0.1) is 0 Å². The summed E-state index contributed by atoms with van der Waals surface area (Å²) in [5, 5.41) is 0. The molecule has 0 radical (unpaired) electrons. The summed E-state index contributed by atoms with van der Waals surface area (Å²) in [6.07, 6.45) is 10.6. The van der Waals surface area contributed by atoms with Crippen molar-refractivity contribution in [3.63, 3.8) is 0 Å². The van der Waals surface area contributed by atoms with Gasteiger partial charge in [-0.15, -0.1) is 0 Å². The predicted molar refractivity (Wildman–Crippen MR) is 85.8 cm³/mol. The molecule has 0 aliphatic heterocycles. The van der Waals surface area contributed by atoms with Crippen molar-refractivity contribution in [2.45, 2.75) is 53.4 Å². The summed E-state index contributed by atoms with van der Waals surface area (Å²) in [5.74, 6) is 0. The van der Waals surface area contributed by atoms with Crippen LogP contribution in [0.25, 0.3) is 0 Å². The third-order valence-corrected chi connectivity index (χ3v) is 3.79. The zero-order valence-corrected chi connectivity index (χ0v) is 12.8. The summed E-state index contributed by atoms with van der Waals surface area (Å²) in [7, 11) is 0. The molecule has 0 saturated carbocycles. The highest BCUT2D eigenvalue weighted by atomic mass is 14.6. The summed E-state index contributed by atoms with van der Waals surface area (Å²) in [6.45, 7) is 12.7. The standard InChI is InChI=1S/C18H27N/c1-6-9-16-14(5)18(19)11-10-15(8-3)17(16)12-13(4)7-2/h8,11-12H,3,6-7,9-10,19H2,1-2,4-5H3/b13-12+. The molecule has 1 rings (SSSR count). The molecule has 1 nitrogen and oxygen atoms in total. The van der Waals surface area contributed by atoms with Crippen molar-refractivity contribution in [3.8, 4) is 0 Å². The van der Waals surface area contributed by atoms with E-state index >= 15 is 0 Å². The highest BCUT2D eigenvalue weighted by Crippen LogP contribution is 2.32. The molecule has 0 unspecified atom stereocenters. The minimum absolute atomic E-state index is 0.878. The largest absolute Gasteiger partial charge is 0.399 e. The molecule has 0 aromatic rings. The van der Waals surface area contributed by atoms with Crippen molar-refractivity contribution >= 4 is 0 Å². The third-order valence-electron chi connectivity index (χ3n) is 3.79. The molecule has 0 heterocycles. The molecule has 0 saturated heterocycles. The molecule has 0 amide bonds. The van der Waals surface area contributed by atoms with Crippen molar-refractivity contribution in [1.29, 1.82) is 0 Å². The molecular weight excluding hydrogens is 230 g/mol. The SMILES string of the molecule is C=CC1=C(/C=C(\C)CC)C(CCC)=C(C)C(N)=CC1. The minimum atomic E-state index is 0.878. The smallest absolute Gasteiger partial charge is 0.0309 e. The fourth-order valence-corrected chi connectivity index (χ4v) is 2.35. The van der Waals surface area contributed by atoms with E-state index < -0.39 is 0 Å². The van der Waals surface area contributed by atoms with Crippen LogP contribution in [0.1, 0.15) is 53.4 Å². The lowest BCUT2D eigenvalue weighted by molar-refractivity contribution is 0.901. The van der Waals surface area contributed by atoms with E-state index in [1.165, 1.54) is 27.9 Å². The van der Waals surface area contributed by atoms with E-state index in [4.69, 9.17) is 5.73 Å². The van der Waals surface area contributed by atoms with Crippen LogP contribution in [0.2, 0.25) is 0 Å². The first-order chi connectivity index (χ1) is 9.04. The van der Waals surface area contributed by atoms with Gasteiger partial charge in [-0.1, -0.05) is 50.6 Å². The Kier molecular flexibility index (Phi) is 5.88. The molecule has 0 fully saturated rings. The van der Waals surface area contributed by atoms with Gasteiger partial charge in [0.1, 0.15) is 0 Å². The normalized spacial score (nSPS) is 17.5. The topological polar surface area (TPSA) is 26.0 Å². The van der Waals surface area contributed by atoms with Crippen LogP contribution in [0.5, 0.6) is 0 Å². The molecule has 0 spiro atoms. The summed E-state index contributed by atoms with van der Waals surface area (Å²) in [4.78, 5) is 0. The zero-order valence-electron chi connectivity index (χ0n) is 12.8. The van der Waals surface area contributed by atoms with Gasteiger partial charge >= 0.3 is 0 Å². The second kappa shape index (κ2) is 7.18. The van der Waals surface area contributed by atoms with Crippen molar-refractivity contribution < 1.29 is 0 Å². The van der Waals surface area contributed by atoms with Crippen LogP contribution in [-0.2, 0) is 0 Å². The van der Waals surface area contributed by atoms with Crippen LogP contribution in [-0.4, -0.2) is 0 Å². The fraction of sp³-hybridized carbons (Fsp3) is 0.444. The third kappa shape index (κ3) is 3.73. The second-order valence-corrected chi connectivity index (χ2v) is 5.20. The first-order valence-electron chi connectivity index (χ1n) is 7.23. The van der Waals surface area contributed by atoms with Gasteiger partial charge in [0.2, 0.25) is 0 Å². The molecule has 2 N–H and O–H groups in total. The zero-order chi connectivity index (χ0) is 14.4. The van der Waals surface area contributed by atoms with Crippen LogP contribution < -0.4 is 5.73 Å². The van der Waals surface area contributed by atoms with Crippen molar-refractivity contribution in [2.75, 3.05) is 0 Å². The van der Waals surface area contributed by atoms with Gasteiger partial charge in [-0.25, -0.2) is 0 Å². The van der Waals surface area contributed by atoms with E-state index in [2.05, 4.69) is 46.4 Å². The van der Waals surface area contributed by atoms with Crippen molar-refractivity contribution in [3.05, 3.63) is 58.4 Å². The first kappa shape index (κ1) is 15.6. The van der Waals surface area contributed by atoms with Crippen molar-refractivity contribution in [1.82, 2.24) is 0 Å². The van der Waals surface area contributed by atoms with Gasteiger partial charge < -0.3 is 5.73 Å². The molecule has 0 aromatic heterocycles. The Balaban J connectivity index is 3.45. The Hall–Kier alpha value is -1.50. The van der Waals surface area contributed by atoms with Gasteiger partial charge in [0, 0.05) is 5.70 Å². The number of rotatable bonds is 5. The molecule has 0 atom stereocenters. The number of allylic oxidation sites excluding steroid dienone is 8. The molecule has 1 heteroatoms. The number of hydrogen-bond acceptors (Lipinski definition) is 1. The summed E-state index contributed by atoms with van der Waals surface area (Å²) in [5.41, 5.74) is 13.7. The quantitative estimate of drug-likeness (QED) is 0.720. The highest BCUT2D eigenvalue weighted by molar-refractivity contribution is 5.55. The van der Waals surface area contributed by atoms with Crippen LogP contribution in [0.15, 0.2) is 58.4 Å². The highest BCUT2D eigenvalue weighted by Gasteiger charge is 2.15. The average molecular weight is 257 g/mol. The maximum absolute atomic E-state index is 6.16. The summed E-state index contributed by atoms with van der Waals surface area (Å²) >= 11 is 0. The second-order valence-electron chi connectivity index (χ2n) is 5.20. The van der Waals surface area contributed by atoms with Gasteiger partial charge in [-0.05, 0) is 55.4 Å². The van der Waals surface area contributed by atoms with E-state index in [-0.39, 0.29) is 0 Å². The Morgan fingerprint density at radius 1 is 1.42 bits per heavy atom. The van der Waals surface area contributed by atoms with E-state index in [9.17, 15) is 0 Å². The maximum Gasteiger partial charge on any atom is 0.0309 e. The first-order valence-corrected chi connectivity index (χ1v) is 7.23. The van der Waals surface area contributed by atoms with Crippen LogP contribution in [0.4, 0.5) is 0 Å². The molecule has 0 aromatic carbocycles. The van der Waals surface area contributed by atoms with Crippen LogP contribution in [0, 0.1) is 0 Å². The van der Waals surface area contributed by atoms with E-state index in [0.29, 0.717) is 0 Å². The minimum Gasteiger partial charge on any atom is -0.399 e. The van der Waals surface area contributed by atoms with Crippen molar-refractivity contribution in [2.24, 2.45) is 5.73 Å². The van der Waals surface area contributed by atoms with Gasteiger partial charge in [-0.3, -0.25) is 0 Å². The lowest BCUT2D eigenvalue weighted by Gasteiger charge is -2.15.